The zero-order chi connectivity index (χ0) is 11.5. The first-order valence-corrected chi connectivity index (χ1v) is 6.04. The van der Waals surface area contributed by atoms with Crippen LogP contribution < -0.4 is 0 Å². The second kappa shape index (κ2) is 5.28. The average molecular weight is 214 g/mol. The Balaban J connectivity index is 2.50. The van der Waals surface area contributed by atoms with Crippen molar-refractivity contribution in [2.75, 3.05) is 39.8 Å². The first kappa shape index (κ1) is 12.9. The predicted molar refractivity (Wildman–Crippen MR) is 64.0 cm³/mol. The van der Waals surface area contributed by atoms with Gasteiger partial charge in [0.2, 0.25) is 0 Å². The van der Waals surface area contributed by atoms with Gasteiger partial charge in [-0.05, 0) is 20.4 Å². The predicted octanol–water partition coefficient (Wildman–Crippen LogP) is 1.03. The van der Waals surface area contributed by atoms with Crippen molar-refractivity contribution in [1.82, 2.24) is 9.80 Å². The molecule has 0 aromatic rings. The Morgan fingerprint density at radius 1 is 1.40 bits per heavy atom. The fraction of sp³-hybridized carbons (Fsp3) is 1.00. The van der Waals surface area contributed by atoms with Crippen molar-refractivity contribution in [1.29, 1.82) is 0 Å². The lowest BCUT2D eigenvalue weighted by molar-refractivity contribution is 0.0317. The Bertz CT molecular complexity index is 192. The van der Waals surface area contributed by atoms with Gasteiger partial charge in [0.05, 0.1) is 0 Å². The Morgan fingerprint density at radius 2 is 2.07 bits per heavy atom. The molecule has 0 amide bonds. The van der Waals surface area contributed by atoms with Gasteiger partial charge >= 0.3 is 0 Å². The van der Waals surface area contributed by atoms with E-state index in [0.717, 1.165) is 32.6 Å². The van der Waals surface area contributed by atoms with Gasteiger partial charge in [0.25, 0.3) is 0 Å². The second-order valence-electron chi connectivity index (χ2n) is 5.40. The van der Waals surface area contributed by atoms with E-state index in [2.05, 4.69) is 37.6 Å². The molecule has 2 unspecified atom stereocenters. The van der Waals surface area contributed by atoms with Gasteiger partial charge in [0.1, 0.15) is 0 Å². The van der Waals surface area contributed by atoms with E-state index in [9.17, 15) is 5.11 Å². The molecule has 0 bridgehead atoms. The van der Waals surface area contributed by atoms with Gasteiger partial charge < -0.3 is 10.0 Å². The number of nitrogens with zero attached hydrogens (tertiary/aromatic N) is 2. The van der Waals surface area contributed by atoms with E-state index in [1.165, 1.54) is 0 Å². The SMILES string of the molecule is CCC(C)(CO)CN1CCN(C)CC1C. The molecule has 0 aliphatic carbocycles. The van der Waals surface area contributed by atoms with Crippen LogP contribution in [0.15, 0.2) is 0 Å². The van der Waals surface area contributed by atoms with E-state index in [1.807, 2.05) is 0 Å². The lowest BCUT2D eigenvalue weighted by Gasteiger charge is -2.42. The molecule has 1 N–H and O–H groups in total. The minimum absolute atomic E-state index is 0.0736. The molecule has 15 heavy (non-hydrogen) atoms. The van der Waals surface area contributed by atoms with Crippen LogP contribution in [0.2, 0.25) is 0 Å². The highest BCUT2D eigenvalue weighted by Gasteiger charge is 2.29. The molecule has 3 heteroatoms. The first-order chi connectivity index (χ1) is 7.00. The van der Waals surface area contributed by atoms with Crippen molar-refractivity contribution in [3.05, 3.63) is 0 Å². The Morgan fingerprint density at radius 3 is 2.53 bits per heavy atom. The lowest BCUT2D eigenvalue weighted by Crippen LogP contribution is -2.53. The maximum absolute atomic E-state index is 9.42. The van der Waals surface area contributed by atoms with E-state index in [4.69, 9.17) is 0 Å². The van der Waals surface area contributed by atoms with Gasteiger partial charge in [-0.1, -0.05) is 13.8 Å². The molecule has 0 aromatic carbocycles. The van der Waals surface area contributed by atoms with Gasteiger partial charge in [0.15, 0.2) is 0 Å². The summed E-state index contributed by atoms with van der Waals surface area (Å²) in [5, 5.41) is 9.42. The van der Waals surface area contributed by atoms with Gasteiger partial charge in [-0.15, -0.1) is 0 Å². The smallest absolute Gasteiger partial charge is 0.0496 e. The van der Waals surface area contributed by atoms with Crippen LogP contribution in [0.1, 0.15) is 27.2 Å². The first-order valence-electron chi connectivity index (χ1n) is 6.04. The summed E-state index contributed by atoms with van der Waals surface area (Å²) < 4.78 is 0. The van der Waals surface area contributed by atoms with E-state index in [1.54, 1.807) is 0 Å². The van der Waals surface area contributed by atoms with Crippen molar-refractivity contribution in [3.63, 3.8) is 0 Å². The number of aliphatic hydroxyl groups excluding tert-OH is 1. The lowest BCUT2D eigenvalue weighted by atomic mass is 9.87. The molecule has 90 valence electrons. The second-order valence-corrected chi connectivity index (χ2v) is 5.40. The molecule has 1 rings (SSSR count). The summed E-state index contributed by atoms with van der Waals surface area (Å²) in [4.78, 5) is 4.89. The third-order valence-electron chi connectivity index (χ3n) is 3.79. The van der Waals surface area contributed by atoms with Crippen molar-refractivity contribution < 1.29 is 5.11 Å². The number of likely N-dealkylation sites (N-methyl/N-ethyl adjacent to an activating group) is 1. The summed E-state index contributed by atoms with van der Waals surface area (Å²) in [6.45, 7) is 11.4. The van der Waals surface area contributed by atoms with Crippen molar-refractivity contribution in [2.45, 2.75) is 33.2 Å². The maximum atomic E-state index is 9.42. The standard InChI is InChI=1S/C12H26N2O/c1-5-12(3,10-15)9-14-7-6-13(4)8-11(14)2/h11,15H,5-10H2,1-4H3. The third kappa shape index (κ3) is 3.44. The van der Waals surface area contributed by atoms with E-state index in [0.29, 0.717) is 12.6 Å². The average Bonchev–Trinajstić information content (AvgIpc) is 2.22. The largest absolute Gasteiger partial charge is 0.396 e. The number of rotatable bonds is 4. The number of piperazine rings is 1. The van der Waals surface area contributed by atoms with Gasteiger partial charge in [0, 0.05) is 44.2 Å². The Labute approximate surface area is 94.1 Å². The van der Waals surface area contributed by atoms with E-state index < -0.39 is 0 Å². The molecule has 3 nitrogen and oxygen atoms in total. The summed E-state index contributed by atoms with van der Waals surface area (Å²) in [6, 6.07) is 0.612. The summed E-state index contributed by atoms with van der Waals surface area (Å²) in [7, 11) is 2.18. The highest BCUT2D eigenvalue weighted by Crippen LogP contribution is 2.23. The molecule has 1 saturated heterocycles. The zero-order valence-electron chi connectivity index (χ0n) is 10.7. The highest BCUT2D eigenvalue weighted by atomic mass is 16.3. The van der Waals surface area contributed by atoms with Crippen LogP contribution in [0.5, 0.6) is 0 Å². The number of aliphatic hydroxyl groups is 1. The summed E-state index contributed by atoms with van der Waals surface area (Å²) in [5.41, 5.74) is 0.0736. The molecule has 1 aliphatic rings. The Hall–Kier alpha value is -0.120. The quantitative estimate of drug-likeness (QED) is 0.757. The maximum Gasteiger partial charge on any atom is 0.0496 e. The van der Waals surface area contributed by atoms with Gasteiger partial charge in [-0.25, -0.2) is 0 Å². The molecule has 0 radical (unpaired) electrons. The van der Waals surface area contributed by atoms with Crippen molar-refractivity contribution in [2.24, 2.45) is 5.41 Å². The van der Waals surface area contributed by atoms with Crippen LogP contribution in [0.25, 0.3) is 0 Å². The number of hydrogen-bond donors (Lipinski definition) is 1. The number of hydrogen-bond acceptors (Lipinski definition) is 3. The fourth-order valence-corrected chi connectivity index (χ4v) is 2.18. The molecule has 1 aliphatic heterocycles. The van der Waals surface area contributed by atoms with Crippen LogP contribution >= 0.6 is 0 Å². The minimum Gasteiger partial charge on any atom is -0.396 e. The topological polar surface area (TPSA) is 26.7 Å². The molecule has 1 fully saturated rings. The van der Waals surface area contributed by atoms with Crippen molar-refractivity contribution in [3.8, 4) is 0 Å². The molecular weight excluding hydrogens is 188 g/mol. The van der Waals surface area contributed by atoms with Crippen LogP contribution in [0.4, 0.5) is 0 Å². The van der Waals surface area contributed by atoms with E-state index in [-0.39, 0.29) is 5.41 Å². The summed E-state index contributed by atoms with van der Waals surface area (Å²) in [5.74, 6) is 0. The van der Waals surface area contributed by atoms with Crippen LogP contribution in [0.3, 0.4) is 0 Å². The highest BCUT2D eigenvalue weighted by molar-refractivity contribution is 4.83. The van der Waals surface area contributed by atoms with Crippen molar-refractivity contribution >= 4 is 0 Å². The minimum atomic E-state index is 0.0736. The van der Waals surface area contributed by atoms with Gasteiger partial charge in [-0.2, -0.15) is 0 Å². The third-order valence-corrected chi connectivity index (χ3v) is 3.79. The summed E-state index contributed by atoms with van der Waals surface area (Å²) in [6.07, 6.45) is 1.04. The van der Waals surface area contributed by atoms with Crippen LogP contribution in [-0.4, -0.2) is 60.8 Å². The van der Waals surface area contributed by atoms with Gasteiger partial charge in [-0.3, -0.25) is 4.90 Å². The molecule has 2 atom stereocenters. The monoisotopic (exact) mass is 214 g/mol. The summed E-state index contributed by atoms with van der Waals surface area (Å²) >= 11 is 0. The molecule has 0 saturated carbocycles. The molecule has 1 heterocycles. The zero-order valence-corrected chi connectivity index (χ0v) is 10.7. The fourth-order valence-electron chi connectivity index (χ4n) is 2.18. The van der Waals surface area contributed by atoms with Crippen LogP contribution in [0, 0.1) is 5.41 Å². The molecule has 0 spiro atoms. The molecular formula is C12H26N2O. The van der Waals surface area contributed by atoms with E-state index >= 15 is 0 Å². The molecule has 0 aromatic heterocycles. The van der Waals surface area contributed by atoms with Crippen LogP contribution in [-0.2, 0) is 0 Å². The normalized spacial score (nSPS) is 29.0. The Kier molecular flexibility index (Phi) is 4.56.